The van der Waals surface area contributed by atoms with E-state index in [1.54, 1.807) is 0 Å². The normalized spacial score (nSPS) is 18.0. The summed E-state index contributed by atoms with van der Waals surface area (Å²) in [6.45, 7) is 10.4. The number of esters is 2. The summed E-state index contributed by atoms with van der Waals surface area (Å²) in [7, 11) is 2.04. The van der Waals surface area contributed by atoms with Crippen molar-refractivity contribution in [1.29, 1.82) is 0 Å². The fraction of sp³-hybridized carbons (Fsp3) is 0.915. The van der Waals surface area contributed by atoms with Crippen molar-refractivity contribution < 1.29 is 38.9 Å². The number of carboxylic acids is 2. The van der Waals surface area contributed by atoms with Gasteiger partial charge in [0.25, 0.3) is 0 Å². The van der Waals surface area contributed by atoms with Crippen LogP contribution in [0.4, 0.5) is 0 Å². The van der Waals surface area contributed by atoms with Gasteiger partial charge in [0.05, 0.1) is 23.9 Å². The van der Waals surface area contributed by atoms with Gasteiger partial charge in [-0.3, -0.25) is 19.2 Å². The van der Waals surface area contributed by atoms with Crippen LogP contribution in [0.3, 0.4) is 0 Å². The number of rotatable bonds is 38. The van der Waals surface area contributed by atoms with Gasteiger partial charge in [0.15, 0.2) is 0 Å². The zero-order chi connectivity index (χ0) is 41.4. The Hall–Kier alpha value is -2.16. The number of likely N-dealkylation sites (tertiary alicyclic amines) is 1. The average Bonchev–Trinajstić information content (AvgIpc) is 3.53. The molecule has 0 bridgehead atoms. The lowest BCUT2D eigenvalue weighted by Crippen LogP contribution is -2.35. The minimum absolute atomic E-state index is 0.00680. The van der Waals surface area contributed by atoms with Crippen LogP contribution < -0.4 is 0 Å². The van der Waals surface area contributed by atoms with Crippen LogP contribution in [0.5, 0.6) is 0 Å². The van der Waals surface area contributed by atoms with Crippen molar-refractivity contribution in [1.82, 2.24) is 4.90 Å². The topological polar surface area (TPSA) is 130 Å². The van der Waals surface area contributed by atoms with Gasteiger partial charge in [-0.1, -0.05) is 143 Å². The van der Waals surface area contributed by atoms with Crippen molar-refractivity contribution in [3.63, 3.8) is 0 Å². The molecule has 1 saturated heterocycles. The molecule has 4 atom stereocenters. The van der Waals surface area contributed by atoms with E-state index in [2.05, 4.69) is 25.7 Å². The van der Waals surface area contributed by atoms with Crippen LogP contribution in [-0.2, 0) is 28.7 Å². The molecule has 2 N–H and O–H groups in total. The second-order valence-electron chi connectivity index (χ2n) is 17.8. The predicted octanol–water partition coefficient (Wildman–Crippen LogP) is 12.2. The molecule has 1 fully saturated rings. The number of hydrogen-bond donors (Lipinski definition) is 2. The highest BCUT2D eigenvalue weighted by atomic mass is 16.5. The van der Waals surface area contributed by atoms with Crippen LogP contribution >= 0.6 is 0 Å². The molecule has 1 rings (SSSR count). The van der Waals surface area contributed by atoms with Crippen molar-refractivity contribution in [2.45, 2.75) is 226 Å². The molecule has 1 aliphatic rings. The molecule has 0 aromatic rings. The number of carbonyl (C=O) groups is 4. The number of carboxylic acid groups (broad SMARTS) is 2. The van der Waals surface area contributed by atoms with Gasteiger partial charge in [-0.2, -0.15) is 0 Å². The number of unbranched alkanes of at least 4 members (excludes halogenated alkanes) is 16. The van der Waals surface area contributed by atoms with E-state index in [0.717, 1.165) is 90.0 Å². The fourth-order valence-electron chi connectivity index (χ4n) is 8.50. The number of hydrogen-bond acceptors (Lipinski definition) is 7. The lowest BCUT2D eigenvalue weighted by atomic mass is 9.80. The molecule has 9 nitrogen and oxygen atoms in total. The molecular formula is C47H87NO8. The summed E-state index contributed by atoms with van der Waals surface area (Å²) in [6, 6.07) is 0. The van der Waals surface area contributed by atoms with Gasteiger partial charge < -0.3 is 24.6 Å². The molecule has 0 saturated carbocycles. The van der Waals surface area contributed by atoms with Gasteiger partial charge in [-0.05, 0) is 90.6 Å². The Kier molecular flexibility index (Phi) is 30.3. The van der Waals surface area contributed by atoms with E-state index < -0.39 is 29.2 Å². The van der Waals surface area contributed by atoms with E-state index >= 15 is 0 Å². The van der Waals surface area contributed by atoms with Gasteiger partial charge in [0.2, 0.25) is 0 Å². The maximum Gasteiger partial charge on any atom is 0.313 e. The van der Waals surface area contributed by atoms with E-state index in [4.69, 9.17) is 9.47 Å². The number of aliphatic carboxylic acids is 2. The smallest absolute Gasteiger partial charge is 0.313 e. The summed E-state index contributed by atoms with van der Waals surface area (Å²) >= 11 is 0. The zero-order valence-electron chi connectivity index (χ0n) is 36.9. The van der Waals surface area contributed by atoms with E-state index in [-0.39, 0.29) is 30.4 Å². The Bertz CT molecular complexity index is 1000. The number of ether oxygens (including phenoxy) is 2. The first-order valence-corrected chi connectivity index (χ1v) is 23.5. The maximum absolute atomic E-state index is 13.3. The Balaban J connectivity index is 2.62. The Morgan fingerprint density at radius 3 is 1.54 bits per heavy atom. The fourth-order valence-corrected chi connectivity index (χ4v) is 8.50. The first-order valence-electron chi connectivity index (χ1n) is 23.5. The molecule has 1 heterocycles. The third-order valence-corrected chi connectivity index (χ3v) is 12.2. The van der Waals surface area contributed by atoms with Crippen LogP contribution in [0.2, 0.25) is 0 Å². The molecule has 0 aliphatic carbocycles. The highest BCUT2D eigenvalue weighted by Crippen LogP contribution is 2.33. The lowest BCUT2D eigenvalue weighted by Gasteiger charge is -2.26. The molecule has 0 spiro atoms. The molecule has 0 aromatic carbocycles. The first kappa shape index (κ1) is 51.9. The SMILES string of the molecule is CCCCCCCCCCCCC(CCCOC(=O)CCCCC(CC(CCCCCC)C(=O)O)CC(CCCCCC)C(=O)O)OC(=O)C1(C)CCN(C)C1. The van der Waals surface area contributed by atoms with Crippen LogP contribution in [0, 0.1) is 23.2 Å². The Morgan fingerprint density at radius 1 is 0.607 bits per heavy atom. The molecule has 0 amide bonds. The van der Waals surface area contributed by atoms with Crippen LogP contribution in [0.15, 0.2) is 0 Å². The van der Waals surface area contributed by atoms with Gasteiger partial charge in [-0.25, -0.2) is 0 Å². The van der Waals surface area contributed by atoms with Gasteiger partial charge >= 0.3 is 23.9 Å². The van der Waals surface area contributed by atoms with E-state index in [1.807, 2.05) is 14.0 Å². The number of carbonyl (C=O) groups excluding carboxylic acids is 2. The summed E-state index contributed by atoms with van der Waals surface area (Å²) in [6.07, 6.45) is 28.1. The molecule has 0 aromatic heterocycles. The van der Waals surface area contributed by atoms with Gasteiger partial charge in [0.1, 0.15) is 6.10 Å². The first-order chi connectivity index (χ1) is 26.9. The molecule has 56 heavy (non-hydrogen) atoms. The second-order valence-corrected chi connectivity index (χ2v) is 17.8. The molecule has 9 heteroatoms. The van der Waals surface area contributed by atoms with Crippen LogP contribution in [-0.4, -0.2) is 71.8 Å². The summed E-state index contributed by atoms with van der Waals surface area (Å²) in [4.78, 5) is 52.6. The van der Waals surface area contributed by atoms with E-state index in [1.165, 1.54) is 51.4 Å². The standard InChI is InChI=1S/C47H87NO8/c1-6-9-12-15-16-17-18-19-20-23-30-42(56-46(54)47(4)33-34-48(5)38-47)31-26-35-55-43(49)32-25-24-27-39(36-40(44(50)51)28-21-13-10-7-2)37-41(45(52)53)29-22-14-11-8-3/h39-42H,6-38H2,1-5H3,(H,50,51)(H,52,53). The monoisotopic (exact) mass is 794 g/mol. The minimum Gasteiger partial charge on any atom is -0.481 e. The predicted molar refractivity (Wildman–Crippen MR) is 228 cm³/mol. The number of nitrogens with zero attached hydrogens (tertiary/aromatic N) is 1. The van der Waals surface area contributed by atoms with E-state index in [9.17, 15) is 29.4 Å². The molecule has 0 radical (unpaired) electrons. The highest BCUT2D eigenvalue weighted by Gasteiger charge is 2.41. The third kappa shape index (κ3) is 25.3. The summed E-state index contributed by atoms with van der Waals surface area (Å²) < 4.78 is 11.8. The van der Waals surface area contributed by atoms with Crippen LogP contribution in [0.1, 0.15) is 220 Å². The van der Waals surface area contributed by atoms with Gasteiger partial charge in [-0.15, -0.1) is 0 Å². The van der Waals surface area contributed by atoms with Crippen LogP contribution in [0.25, 0.3) is 0 Å². The zero-order valence-corrected chi connectivity index (χ0v) is 36.9. The third-order valence-electron chi connectivity index (χ3n) is 12.2. The summed E-state index contributed by atoms with van der Waals surface area (Å²) in [5.74, 6) is -2.86. The molecule has 328 valence electrons. The Labute approximate surface area is 343 Å². The summed E-state index contributed by atoms with van der Waals surface area (Å²) in [5, 5.41) is 20.0. The average molecular weight is 794 g/mol. The molecule has 4 unspecified atom stereocenters. The largest absolute Gasteiger partial charge is 0.481 e. The van der Waals surface area contributed by atoms with Gasteiger partial charge in [0, 0.05) is 13.0 Å². The van der Waals surface area contributed by atoms with Crippen molar-refractivity contribution in [2.75, 3.05) is 26.7 Å². The second kappa shape index (κ2) is 32.8. The molecular weight excluding hydrogens is 707 g/mol. The minimum atomic E-state index is -0.786. The van der Waals surface area contributed by atoms with Crippen molar-refractivity contribution in [2.24, 2.45) is 23.2 Å². The van der Waals surface area contributed by atoms with E-state index in [0.29, 0.717) is 64.5 Å². The summed E-state index contributed by atoms with van der Waals surface area (Å²) in [5.41, 5.74) is -0.470. The van der Waals surface area contributed by atoms with Crippen molar-refractivity contribution >= 4 is 23.9 Å². The highest BCUT2D eigenvalue weighted by molar-refractivity contribution is 5.77. The van der Waals surface area contributed by atoms with Crippen molar-refractivity contribution in [3.05, 3.63) is 0 Å². The maximum atomic E-state index is 13.3. The molecule has 1 aliphatic heterocycles. The quantitative estimate of drug-likeness (QED) is 0.0463. The van der Waals surface area contributed by atoms with Crippen molar-refractivity contribution in [3.8, 4) is 0 Å². The Morgan fingerprint density at radius 2 is 1.05 bits per heavy atom. The lowest BCUT2D eigenvalue weighted by molar-refractivity contribution is -0.161.